The lowest BCUT2D eigenvalue weighted by Crippen LogP contribution is -2.81. The third kappa shape index (κ3) is 11.7. The van der Waals surface area contributed by atoms with Crippen LogP contribution in [0.5, 0.6) is 0 Å². The summed E-state index contributed by atoms with van der Waals surface area (Å²) in [6.45, 7) is 29.7. The van der Waals surface area contributed by atoms with Crippen molar-refractivity contribution in [3.63, 3.8) is 0 Å². The fourth-order valence-corrected chi connectivity index (χ4v) is 15.6. The quantitative estimate of drug-likeness (QED) is 0.0510. The molecule has 4 aromatic rings. The van der Waals surface area contributed by atoms with Crippen LogP contribution in [0.1, 0.15) is 90.0 Å². The smallest absolute Gasteiger partial charge is 0.200 e. The summed E-state index contributed by atoms with van der Waals surface area (Å²) < 4.78 is 294. The molecule has 0 amide bonds. The van der Waals surface area contributed by atoms with Gasteiger partial charge in [-0.2, -0.15) is 5.26 Å². The van der Waals surface area contributed by atoms with E-state index >= 15 is 35.1 Å². The van der Waals surface area contributed by atoms with Crippen molar-refractivity contribution in [2.24, 2.45) is 0 Å². The van der Waals surface area contributed by atoms with Crippen molar-refractivity contribution < 1.29 is 87.8 Å². The van der Waals surface area contributed by atoms with Gasteiger partial charge in [0.05, 0.1) is 6.07 Å². The van der Waals surface area contributed by atoms with Crippen LogP contribution in [0.15, 0.2) is 0 Å². The Labute approximate surface area is 382 Å². The molecule has 0 aliphatic heterocycles. The first-order valence-corrected chi connectivity index (χ1v) is 23.2. The van der Waals surface area contributed by atoms with Crippen molar-refractivity contribution in [1.82, 2.24) is 0 Å². The molecule has 0 heterocycles. The van der Waals surface area contributed by atoms with Crippen LogP contribution in [0, 0.1) is 128 Å². The molecule has 0 fully saturated rings. The molecule has 0 atom stereocenters. The topological polar surface area (TPSA) is 23.8 Å². The van der Waals surface area contributed by atoms with E-state index in [1.807, 2.05) is 0 Å². The molecule has 0 saturated heterocycles. The minimum absolute atomic E-state index is 0.262. The molecule has 1 nitrogen and oxygen atoms in total. The van der Waals surface area contributed by atoms with Gasteiger partial charge < -0.3 is 0 Å². The Morgan fingerprint density at radius 3 is 0.426 bits per heavy atom. The molecule has 0 spiro atoms. The van der Waals surface area contributed by atoms with E-state index in [4.69, 9.17) is 5.26 Å². The lowest BCUT2D eigenvalue weighted by Gasteiger charge is -2.44. The van der Waals surface area contributed by atoms with Gasteiger partial charge in [-0.05, 0) is 34.0 Å². The number of rotatable bonds is 10. The van der Waals surface area contributed by atoms with Gasteiger partial charge >= 0.3 is 0 Å². The third-order valence-corrected chi connectivity index (χ3v) is 17.4. The summed E-state index contributed by atoms with van der Waals surface area (Å²) in [6.07, 6.45) is -7.22. The molecular formula is C44H45BF20NP2-. The Balaban J connectivity index is 0.000000826. The number of hydrogen-bond acceptors (Lipinski definition) is 1. The molecular weight excluding hydrogens is 995 g/mol. The van der Waals surface area contributed by atoms with Gasteiger partial charge in [-0.1, -0.05) is 98.9 Å². The van der Waals surface area contributed by atoms with Crippen LogP contribution in [0.3, 0.4) is 0 Å². The highest BCUT2D eigenvalue weighted by Crippen LogP contribution is 2.50. The Kier molecular flexibility index (Phi) is 22.4. The summed E-state index contributed by atoms with van der Waals surface area (Å²) in [7, 11) is 0.525. The zero-order valence-electron chi connectivity index (χ0n) is 38.4. The third-order valence-electron chi connectivity index (χ3n) is 10.3. The minimum atomic E-state index is -7.22. The Bertz CT molecular complexity index is 2040. The van der Waals surface area contributed by atoms with Gasteiger partial charge in [-0.3, -0.25) is 0 Å². The zero-order valence-corrected chi connectivity index (χ0v) is 40.2. The Morgan fingerprint density at radius 1 is 0.265 bits per heavy atom. The fraction of sp³-hybridized carbons (Fsp3) is 0.432. The minimum Gasteiger partial charge on any atom is -0.207 e. The Hall–Kier alpha value is -4.11. The standard InChI is InChI=1S/C24BF20.2C9H21P.C2H3N/c26-5-1(6(27)14(35)21(42)13(5)34)25(2-7(28)15(36)22(43)16(37)8(2)29,3-9(30)17(38)23(44)18(39)10(3)31)4-11(32)19(40)24(45)20(41)12(4)33;2*1-7(2)10(8(3)4)9(5)6;1-2-3/h;2*7-9H,1-6H3;1H3/q-1;;;. The summed E-state index contributed by atoms with van der Waals surface area (Å²) in [5.74, 6) is -71.4. The average Bonchev–Trinajstić information content (AvgIpc) is 3.23. The maximum atomic E-state index is 15.4. The maximum Gasteiger partial charge on any atom is 0.200 e. The lowest BCUT2D eigenvalue weighted by atomic mass is 9.12. The normalized spacial score (nSPS) is 11.8. The number of nitrogens with zero attached hydrogens (tertiary/aromatic N) is 1. The van der Waals surface area contributed by atoms with E-state index in [0.29, 0.717) is 0 Å². The molecule has 0 aliphatic carbocycles. The van der Waals surface area contributed by atoms with Crippen molar-refractivity contribution in [2.45, 2.75) is 124 Å². The van der Waals surface area contributed by atoms with Gasteiger partial charge in [0.15, 0.2) is 69.8 Å². The number of hydrogen-bond donors (Lipinski definition) is 0. The molecule has 68 heavy (non-hydrogen) atoms. The first kappa shape index (κ1) is 61.9. The number of benzene rings is 4. The van der Waals surface area contributed by atoms with Gasteiger partial charge in [0, 0.05) is 6.92 Å². The van der Waals surface area contributed by atoms with Crippen LogP contribution in [0.25, 0.3) is 0 Å². The van der Waals surface area contributed by atoms with Crippen molar-refractivity contribution >= 4 is 43.8 Å². The maximum absolute atomic E-state index is 15.4. The van der Waals surface area contributed by atoms with Crippen LogP contribution < -0.4 is 21.9 Å². The van der Waals surface area contributed by atoms with Gasteiger partial charge in [0.1, 0.15) is 52.7 Å². The van der Waals surface area contributed by atoms with E-state index in [1.165, 1.54) is 6.92 Å². The number of halogens is 20. The SMILES string of the molecule is CC#N.CC(C)P(C(C)C)C(C)C.CC(C)P(C(C)C)C(C)C.Fc1c(F)c(F)c([B-](c2c(F)c(F)c(F)c(F)c2F)(c2c(F)c(F)c(F)c(F)c2F)c2c(F)c(F)c(F)c(F)c2F)c(F)c1F. The Morgan fingerprint density at radius 2 is 0.353 bits per heavy atom. The van der Waals surface area contributed by atoms with Gasteiger partial charge in [0.2, 0.25) is 0 Å². The second kappa shape index (κ2) is 24.6. The molecule has 0 radical (unpaired) electrons. The van der Waals surface area contributed by atoms with Gasteiger partial charge in [0.25, 0.3) is 0 Å². The highest BCUT2D eigenvalue weighted by molar-refractivity contribution is 7.60. The van der Waals surface area contributed by atoms with E-state index in [1.54, 1.807) is 6.07 Å². The highest BCUT2D eigenvalue weighted by Gasteiger charge is 2.52. The van der Waals surface area contributed by atoms with Crippen LogP contribution in [-0.4, -0.2) is 40.1 Å². The summed E-state index contributed by atoms with van der Waals surface area (Å²) >= 11 is 0. The molecule has 0 aromatic heterocycles. The first-order valence-electron chi connectivity index (χ1n) is 20.1. The van der Waals surface area contributed by atoms with E-state index in [-0.39, 0.29) is 15.8 Å². The molecule has 0 saturated carbocycles. The van der Waals surface area contributed by atoms with Crippen LogP contribution in [0.2, 0.25) is 0 Å². The largest absolute Gasteiger partial charge is 0.207 e. The van der Waals surface area contributed by atoms with E-state index in [9.17, 15) is 52.7 Å². The first-order chi connectivity index (χ1) is 31.0. The molecule has 380 valence electrons. The van der Waals surface area contributed by atoms with Crippen LogP contribution in [0.4, 0.5) is 87.8 Å². The highest BCUT2D eigenvalue weighted by atomic mass is 31.1. The molecule has 4 rings (SSSR count). The summed E-state index contributed by atoms with van der Waals surface area (Å²) in [5, 5.41) is 7.32. The van der Waals surface area contributed by atoms with Crippen LogP contribution in [-0.2, 0) is 0 Å². The second-order valence-electron chi connectivity index (χ2n) is 16.5. The summed E-state index contributed by atoms with van der Waals surface area (Å²) in [6, 6.07) is 1.75. The fourth-order valence-electron chi connectivity index (χ4n) is 8.45. The monoisotopic (exact) mass is 1040 g/mol. The van der Waals surface area contributed by atoms with E-state index < -0.39 is 144 Å². The van der Waals surface area contributed by atoms with Crippen molar-refractivity contribution in [3.8, 4) is 6.07 Å². The average molecular weight is 1040 g/mol. The van der Waals surface area contributed by atoms with Crippen molar-refractivity contribution in [1.29, 1.82) is 5.26 Å². The predicted octanol–water partition coefficient (Wildman–Crippen LogP) is 13.8. The van der Waals surface area contributed by atoms with Gasteiger partial charge in [-0.15, -0.1) is 21.9 Å². The summed E-state index contributed by atoms with van der Waals surface area (Å²) in [4.78, 5) is 0. The molecule has 0 bridgehead atoms. The van der Waals surface area contributed by atoms with Crippen LogP contribution >= 0.6 is 15.8 Å². The molecule has 0 N–H and O–H groups in total. The molecule has 4 aromatic carbocycles. The van der Waals surface area contributed by atoms with Gasteiger partial charge in [-0.25, -0.2) is 87.8 Å². The number of nitriles is 1. The van der Waals surface area contributed by atoms with E-state index in [2.05, 4.69) is 83.1 Å². The van der Waals surface area contributed by atoms with Crippen molar-refractivity contribution in [2.75, 3.05) is 0 Å². The van der Waals surface area contributed by atoms with Crippen molar-refractivity contribution in [3.05, 3.63) is 116 Å². The lowest BCUT2D eigenvalue weighted by molar-refractivity contribution is 0.378. The molecule has 24 heteroatoms. The predicted molar refractivity (Wildman–Crippen MR) is 225 cm³/mol. The second-order valence-corrected chi connectivity index (χ2v) is 24.5. The summed E-state index contributed by atoms with van der Waals surface area (Å²) in [5.41, 5.74) is -8.94. The molecule has 0 aliphatic rings. The molecule has 0 unspecified atom stereocenters. The zero-order chi connectivity index (χ0) is 53.7. The van der Waals surface area contributed by atoms with E-state index in [0.717, 1.165) is 34.0 Å².